The van der Waals surface area contributed by atoms with Crippen molar-refractivity contribution >= 4 is 23.2 Å². The Morgan fingerprint density at radius 2 is 1.86 bits per heavy atom. The highest BCUT2D eigenvalue weighted by atomic mass is 32.1. The van der Waals surface area contributed by atoms with Gasteiger partial charge in [0.25, 0.3) is 5.91 Å². The minimum Gasteiger partial charge on any atom is -0.451 e. The number of esters is 1. The zero-order valence-corrected chi connectivity index (χ0v) is 12.8. The summed E-state index contributed by atoms with van der Waals surface area (Å²) >= 11 is 1.31. The lowest BCUT2D eigenvalue weighted by atomic mass is 10.1. The minimum atomic E-state index is -0.451. The smallest absolute Gasteiger partial charge is 0.349 e. The molecule has 0 radical (unpaired) electrons. The number of rotatable bonds is 5. The summed E-state index contributed by atoms with van der Waals surface area (Å²) in [4.78, 5) is 24.0. The van der Waals surface area contributed by atoms with Gasteiger partial charge in [0.15, 0.2) is 6.61 Å². The van der Waals surface area contributed by atoms with Crippen molar-refractivity contribution in [1.29, 1.82) is 0 Å². The Balaban J connectivity index is 1.76. The van der Waals surface area contributed by atoms with Crippen LogP contribution < -0.4 is 5.32 Å². The molecule has 1 aromatic heterocycles. The fourth-order valence-corrected chi connectivity index (χ4v) is 2.55. The molecular weight excluding hydrogens is 286 g/mol. The van der Waals surface area contributed by atoms with E-state index >= 15 is 0 Å². The van der Waals surface area contributed by atoms with Crippen LogP contribution >= 0.6 is 11.3 Å². The number of nitrogens with one attached hydrogen (secondary N) is 1. The predicted octanol–water partition coefficient (Wildman–Crippen LogP) is 2.84. The molecule has 21 heavy (non-hydrogen) atoms. The van der Waals surface area contributed by atoms with E-state index in [2.05, 4.69) is 5.32 Å². The van der Waals surface area contributed by atoms with E-state index in [1.165, 1.54) is 16.9 Å². The zero-order chi connectivity index (χ0) is 15.2. The van der Waals surface area contributed by atoms with E-state index in [4.69, 9.17) is 4.74 Å². The second-order valence-electron chi connectivity index (χ2n) is 4.77. The first kappa shape index (κ1) is 15.3. The number of carbonyl (C=O) groups excluding carboxylic acids is 2. The molecule has 1 heterocycles. The molecule has 0 saturated heterocycles. The van der Waals surface area contributed by atoms with Crippen LogP contribution in [0.3, 0.4) is 0 Å². The van der Waals surface area contributed by atoms with Crippen molar-refractivity contribution in [2.45, 2.75) is 20.4 Å². The molecule has 0 unspecified atom stereocenters. The molecular formula is C16H17NO3S. The van der Waals surface area contributed by atoms with Crippen LogP contribution in [0.1, 0.15) is 26.4 Å². The molecule has 0 bridgehead atoms. The third-order valence-electron chi connectivity index (χ3n) is 2.99. The first-order valence-electron chi connectivity index (χ1n) is 6.59. The highest BCUT2D eigenvalue weighted by Gasteiger charge is 2.13. The minimum absolute atomic E-state index is 0.262. The third kappa shape index (κ3) is 4.43. The molecule has 1 N–H and O–H groups in total. The van der Waals surface area contributed by atoms with Crippen molar-refractivity contribution in [3.63, 3.8) is 0 Å². The predicted molar refractivity (Wildman–Crippen MR) is 82.4 cm³/mol. The second kappa shape index (κ2) is 7.04. The maximum Gasteiger partial charge on any atom is 0.349 e. The van der Waals surface area contributed by atoms with Gasteiger partial charge in [0.2, 0.25) is 0 Å². The van der Waals surface area contributed by atoms with Gasteiger partial charge in [-0.2, -0.15) is 0 Å². The number of amides is 1. The Morgan fingerprint density at radius 3 is 2.48 bits per heavy atom. The van der Waals surface area contributed by atoms with Gasteiger partial charge in [0, 0.05) is 6.54 Å². The van der Waals surface area contributed by atoms with Crippen LogP contribution in [0.2, 0.25) is 0 Å². The molecule has 1 aromatic carbocycles. The largest absolute Gasteiger partial charge is 0.451 e. The van der Waals surface area contributed by atoms with Gasteiger partial charge >= 0.3 is 5.97 Å². The van der Waals surface area contributed by atoms with Crippen LogP contribution in [0.4, 0.5) is 0 Å². The van der Waals surface area contributed by atoms with Gasteiger partial charge in [0.1, 0.15) is 4.88 Å². The lowest BCUT2D eigenvalue weighted by Crippen LogP contribution is -2.28. The number of thiophene rings is 1. The monoisotopic (exact) mass is 303 g/mol. The molecule has 2 aromatic rings. The fraction of sp³-hybridized carbons (Fsp3) is 0.250. The molecule has 110 valence electrons. The highest BCUT2D eigenvalue weighted by molar-refractivity contribution is 7.12. The molecule has 0 spiro atoms. The van der Waals surface area contributed by atoms with Gasteiger partial charge in [0.05, 0.1) is 0 Å². The molecule has 0 saturated carbocycles. The van der Waals surface area contributed by atoms with Gasteiger partial charge in [-0.05, 0) is 36.4 Å². The average molecular weight is 303 g/mol. The molecule has 0 aliphatic carbocycles. The van der Waals surface area contributed by atoms with Gasteiger partial charge in [-0.15, -0.1) is 11.3 Å². The van der Waals surface area contributed by atoms with E-state index in [9.17, 15) is 9.59 Å². The Labute approximate surface area is 127 Å². The maximum atomic E-state index is 11.8. The third-order valence-corrected chi connectivity index (χ3v) is 3.99. The van der Waals surface area contributed by atoms with E-state index in [1.54, 1.807) is 0 Å². The Morgan fingerprint density at radius 1 is 1.14 bits per heavy atom. The first-order valence-corrected chi connectivity index (χ1v) is 7.47. The number of benzene rings is 1. The molecule has 4 nitrogen and oxygen atoms in total. The highest BCUT2D eigenvalue weighted by Crippen LogP contribution is 2.16. The average Bonchev–Trinajstić information content (AvgIpc) is 2.90. The number of hydrogen-bond acceptors (Lipinski definition) is 4. The van der Waals surface area contributed by atoms with E-state index in [-0.39, 0.29) is 12.5 Å². The molecule has 0 fully saturated rings. The molecule has 1 amide bonds. The lowest BCUT2D eigenvalue weighted by Gasteiger charge is -2.06. The molecule has 0 aliphatic heterocycles. The summed E-state index contributed by atoms with van der Waals surface area (Å²) in [6, 6.07) is 9.73. The molecule has 5 heteroatoms. The number of aryl methyl sites for hydroxylation is 2. The first-order chi connectivity index (χ1) is 10.1. The second-order valence-corrected chi connectivity index (χ2v) is 5.69. The van der Waals surface area contributed by atoms with Crippen molar-refractivity contribution in [3.05, 3.63) is 57.3 Å². The summed E-state index contributed by atoms with van der Waals surface area (Å²) in [5.41, 5.74) is 3.05. The number of hydrogen-bond donors (Lipinski definition) is 1. The quantitative estimate of drug-likeness (QED) is 0.864. The maximum absolute atomic E-state index is 11.8. The van der Waals surface area contributed by atoms with Crippen LogP contribution in [0.15, 0.2) is 35.7 Å². The molecule has 2 rings (SSSR count). The van der Waals surface area contributed by atoms with Gasteiger partial charge in [-0.1, -0.05) is 29.8 Å². The van der Waals surface area contributed by atoms with Gasteiger partial charge in [-0.3, -0.25) is 4.79 Å². The SMILES string of the molecule is Cc1ccc(CNC(=O)COC(=O)c2sccc2C)cc1. The summed E-state index contributed by atoms with van der Waals surface area (Å²) in [6.45, 7) is 4.01. The Kier molecular flexibility index (Phi) is 5.11. The van der Waals surface area contributed by atoms with E-state index in [0.717, 1.165) is 11.1 Å². The van der Waals surface area contributed by atoms with Crippen LogP contribution in [0, 0.1) is 13.8 Å². The van der Waals surface area contributed by atoms with Crippen LogP contribution in [-0.4, -0.2) is 18.5 Å². The summed E-state index contributed by atoms with van der Waals surface area (Å²) in [5.74, 6) is -0.758. The number of carbonyl (C=O) groups is 2. The van der Waals surface area contributed by atoms with Gasteiger partial charge in [-0.25, -0.2) is 4.79 Å². The summed E-state index contributed by atoms with van der Waals surface area (Å²) in [5, 5.41) is 4.54. The standard InChI is InChI=1S/C16H17NO3S/c1-11-3-5-13(6-4-11)9-17-14(18)10-20-16(19)15-12(2)7-8-21-15/h3-8H,9-10H2,1-2H3,(H,17,18). The van der Waals surface area contributed by atoms with Crippen molar-refractivity contribution < 1.29 is 14.3 Å². The van der Waals surface area contributed by atoms with Crippen LogP contribution in [0.25, 0.3) is 0 Å². The number of ether oxygens (including phenoxy) is 1. The molecule has 0 atom stereocenters. The van der Waals surface area contributed by atoms with Crippen LogP contribution in [-0.2, 0) is 16.1 Å². The van der Waals surface area contributed by atoms with Crippen molar-refractivity contribution in [3.8, 4) is 0 Å². The Hall–Kier alpha value is -2.14. The van der Waals surface area contributed by atoms with E-state index in [1.807, 2.05) is 49.6 Å². The van der Waals surface area contributed by atoms with Crippen molar-refractivity contribution in [2.75, 3.05) is 6.61 Å². The fourth-order valence-electron chi connectivity index (χ4n) is 1.74. The van der Waals surface area contributed by atoms with Crippen molar-refractivity contribution in [1.82, 2.24) is 5.32 Å². The zero-order valence-electron chi connectivity index (χ0n) is 12.0. The molecule has 0 aliphatic rings. The lowest BCUT2D eigenvalue weighted by molar-refractivity contribution is -0.124. The van der Waals surface area contributed by atoms with Crippen LogP contribution in [0.5, 0.6) is 0 Å². The van der Waals surface area contributed by atoms with Gasteiger partial charge < -0.3 is 10.1 Å². The summed E-state index contributed by atoms with van der Waals surface area (Å²) < 4.78 is 5.00. The summed E-state index contributed by atoms with van der Waals surface area (Å²) in [7, 11) is 0. The normalized spacial score (nSPS) is 10.2. The van der Waals surface area contributed by atoms with E-state index in [0.29, 0.717) is 11.4 Å². The topological polar surface area (TPSA) is 55.4 Å². The van der Waals surface area contributed by atoms with E-state index < -0.39 is 5.97 Å². The Bertz CT molecular complexity index is 631. The summed E-state index contributed by atoms with van der Waals surface area (Å²) in [6.07, 6.45) is 0. The van der Waals surface area contributed by atoms with Crippen molar-refractivity contribution in [2.24, 2.45) is 0 Å².